The quantitative estimate of drug-likeness (QED) is 0.198. The molecule has 0 saturated heterocycles. The summed E-state index contributed by atoms with van der Waals surface area (Å²) in [7, 11) is 4.66. The lowest BCUT2D eigenvalue weighted by atomic mass is 10.1. The van der Waals surface area contributed by atoms with E-state index in [0.29, 0.717) is 39.5 Å². The number of hydrazone groups is 1. The number of benzene rings is 2. The van der Waals surface area contributed by atoms with Crippen LogP contribution in [0.25, 0.3) is 17.1 Å². The van der Waals surface area contributed by atoms with Crippen LogP contribution < -0.4 is 19.6 Å². The van der Waals surface area contributed by atoms with Crippen LogP contribution in [-0.4, -0.2) is 59.0 Å². The average molecular weight is 505 g/mol. The first-order valence-electron chi connectivity index (χ1n) is 10.8. The molecule has 0 fully saturated rings. The van der Waals surface area contributed by atoms with Crippen molar-refractivity contribution in [3.63, 3.8) is 0 Å². The fourth-order valence-corrected chi connectivity index (χ4v) is 4.10. The van der Waals surface area contributed by atoms with Crippen molar-refractivity contribution in [3.8, 4) is 34.3 Å². The van der Waals surface area contributed by atoms with Crippen molar-refractivity contribution >= 4 is 23.9 Å². The Morgan fingerprint density at radius 3 is 2.36 bits per heavy atom. The summed E-state index contributed by atoms with van der Waals surface area (Å²) in [6, 6.07) is 18.7. The zero-order chi connectivity index (χ0) is 25.3. The number of ether oxygens (including phenoxy) is 3. The van der Waals surface area contributed by atoms with E-state index in [0.717, 1.165) is 5.69 Å². The Balaban J connectivity index is 1.61. The number of hydrogen-bond acceptors (Lipinski definition) is 9. The second kappa shape index (κ2) is 11.8. The van der Waals surface area contributed by atoms with Crippen molar-refractivity contribution in [2.45, 2.75) is 5.16 Å². The normalized spacial score (nSPS) is 10.9. The van der Waals surface area contributed by atoms with Gasteiger partial charge < -0.3 is 14.2 Å². The molecule has 2 heterocycles. The average Bonchev–Trinajstić information content (AvgIpc) is 3.36. The van der Waals surface area contributed by atoms with Gasteiger partial charge in [-0.15, -0.1) is 10.2 Å². The van der Waals surface area contributed by atoms with Gasteiger partial charge in [-0.3, -0.25) is 14.3 Å². The molecule has 0 unspecified atom stereocenters. The molecule has 0 aliphatic rings. The van der Waals surface area contributed by atoms with Crippen LogP contribution in [0, 0.1) is 0 Å². The van der Waals surface area contributed by atoms with E-state index in [-0.39, 0.29) is 11.7 Å². The molecule has 0 radical (unpaired) electrons. The zero-order valence-electron chi connectivity index (χ0n) is 19.9. The molecular formula is C25H24N6O4S. The van der Waals surface area contributed by atoms with Crippen LogP contribution in [-0.2, 0) is 4.79 Å². The molecule has 4 aromatic rings. The number of para-hydroxylation sites is 1. The highest BCUT2D eigenvalue weighted by Crippen LogP contribution is 2.41. The Morgan fingerprint density at radius 2 is 1.72 bits per heavy atom. The van der Waals surface area contributed by atoms with Gasteiger partial charge in [0.2, 0.25) is 5.75 Å². The summed E-state index contributed by atoms with van der Waals surface area (Å²) >= 11 is 1.24. The highest BCUT2D eigenvalue weighted by atomic mass is 32.2. The minimum atomic E-state index is -0.288. The number of aromatic nitrogens is 4. The number of rotatable bonds is 10. The Bertz CT molecular complexity index is 1320. The van der Waals surface area contributed by atoms with Crippen LogP contribution in [0.4, 0.5) is 0 Å². The van der Waals surface area contributed by atoms with E-state index < -0.39 is 0 Å². The molecule has 11 heteroatoms. The van der Waals surface area contributed by atoms with E-state index in [1.807, 2.05) is 47.0 Å². The summed E-state index contributed by atoms with van der Waals surface area (Å²) in [4.78, 5) is 16.5. The number of carbonyl (C=O) groups is 1. The molecule has 1 N–H and O–H groups in total. The van der Waals surface area contributed by atoms with Crippen molar-refractivity contribution in [2.75, 3.05) is 27.1 Å². The first-order valence-corrected chi connectivity index (χ1v) is 11.8. The summed E-state index contributed by atoms with van der Waals surface area (Å²) in [5.74, 6) is 1.81. The first-order chi connectivity index (χ1) is 17.6. The van der Waals surface area contributed by atoms with E-state index in [2.05, 4.69) is 25.7 Å². The third kappa shape index (κ3) is 5.63. The number of hydrogen-bond donors (Lipinski definition) is 1. The number of carbonyl (C=O) groups excluding carboxylic acids is 1. The Labute approximate surface area is 212 Å². The maximum atomic E-state index is 12.4. The predicted molar refractivity (Wildman–Crippen MR) is 137 cm³/mol. The predicted octanol–water partition coefficient (Wildman–Crippen LogP) is 3.60. The highest BCUT2D eigenvalue weighted by molar-refractivity contribution is 7.99. The molecule has 2 aromatic heterocycles. The lowest BCUT2D eigenvalue weighted by Crippen LogP contribution is -2.20. The van der Waals surface area contributed by atoms with E-state index in [9.17, 15) is 4.79 Å². The molecule has 0 bridgehead atoms. The second-order valence-corrected chi connectivity index (χ2v) is 8.17. The second-order valence-electron chi connectivity index (χ2n) is 7.23. The van der Waals surface area contributed by atoms with Crippen molar-refractivity contribution < 1.29 is 19.0 Å². The van der Waals surface area contributed by atoms with Gasteiger partial charge in [-0.25, -0.2) is 5.43 Å². The van der Waals surface area contributed by atoms with Crippen molar-refractivity contribution in [2.24, 2.45) is 5.10 Å². The summed E-state index contributed by atoms with van der Waals surface area (Å²) in [5.41, 5.74) is 4.69. The van der Waals surface area contributed by atoms with Crippen molar-refractivity contribution in [3.05, 3.63) is 72.6 Å². The monoisotopic (exact) mass is 504 g/mol. The van der Waals surface area contributed by atoms with Crippen LogP contribution in [0.15, 0.2) is 77.1 Å². The lowest BCUT2D eigenvalue weighted by Gasteiger charge is -2.15. The molecule has 2 aromatic carbocycles. The molecule has 10 nitrogen and oxygen atoms in total. The number of methoxy groups -OCH3 is 3. The van der Waals surface area contributed by atoms with Gasteiger partial charge >= 0.3 is 0 Å². The number of thioether (sulfide) groups is 1. The lowest BCUT2D eigenvalue weighted by molar-refractivity contribution is -0.118. The van der Waals surface area contributed by atoms with Gasteiger partial charge in [0.1, 0.15) is 0 Å². The van der Waals surface area contributed by atoms with Gasteiger partial charge in [-0.1, -0.05) is 36.0 Å². The third-order valence-electron chi connectivity index (χ3n) is 4.98. The van der Waals surface area contributed by atoms with Crippen LogP contribution >= 0.6 is 11.8 Å². The largest absolute Gasteiger partial charge is 0.493 e. The van der Waals surface area contributed by atoms with Gasteiger partial charge in [0.25, 0.3) is 5.91 Å². The maximum Gasteiger partial charge on any atom is 0.250 e. The van der Waals surface area contributed by atoms with Gasteiger partial charge in [0.05, 0.1) is 39.0 Å². The molecule has 0 aliphatic heterocycles. The molecule has 0 spiro atoms. The van der Waals surface area contributed by atoms with Crippen molar-refractivity contribution in [1.82, 2.24) is 25.2 Å². The molecule has 1 amide bonds. The summed E-state index contributed by atoms with van der Waals surface area (Å²) < 4.78 is 18.3. The van der Waals surface area contributed by atoms with Crippen molar-refractivity contribution in [1.29, 1.82) is 0 Å². The van der Waals surface area contributed by atoms with E-state index in [4.69, 9.17) is 14.2 Å². The number of amides is 1. The van der Waals surface area contributed by atoms with E-state index >= 15 is 0 Å². The molecule has 184 valence electrons. The minimum absolute atomic E-state index is 0.0831. The van der Waals surface area contributed by atoms with E-state index in [1.165, 1.54) is 18.0 Å². The molecule has 0 atom stereocenters. The Kier molecular flexibility index (Phi) is 8.14. The zero-order valence-corrected chi connectivity index (χ0v) is 20.7. The van der Waals surface area contributed by atoms with Gasteiger partial charge in [0, 0.05) is 17.4 Å². The number of pyridine rings is 1. The fraction of sp³-hybridized carbons (Fsp3) is 0.160. The fourth-order valence-electron chi connectivity index (χ4n) is 3.36. The summed E-state index contributed by atoms with van der Waals surface area (Å²) in [6.07, 6.45) is 3.14. The number of nitrogens with zero attached hydrogens (tertiary/aromatic N) is 5. The third-order valence-corrected chi connectivity index (χ3v) is 5.91. The molecule has 4 rings (SSSR count). The topological polar surface area (TPSA) is 113 Å². The van der Waals surface area contributed by atoms with Crippen LogP contribution in [0.5, 0.6) is 17.2 Å². The van der Waals surface area contributed by atoms with Gasteiger partial charge in [0.15, 0.2) is 22.5 Å². The molecular weight excluding hydrogens is 480 g/mol. The highest BCUT2D eigenvalue weighted by Gasteiger charge is 2.21. The van der Waals surface area contributed by atoms with Crippen LogP contribution in [0.1, 0.15) is 5.69 Å². The molecule has 36 heavy (non-hydrogen) atoms. The van der Waals surface area contributed by atoms with Crippen LogP contribution in [0.3, 0.4) is 0 Å². The minimum Gasteiger partial charge on any atom is -0.493 e. The van der Waals surface area contributed by atoms with Gasteiger partial charge in [-0.2, -0.15) is 5.10 Å². The van der Waals surface area contributed by atoms with Crippen LogP contribution in [0.2, 0.25) is 0 Å². The maximum absolute atomic E-state index is 12.4. The molecule has 0 saturated carbocycles. The molecule has 0 aliphatic carbocycles. The summed E-state index contributed by atoms with van der Waals surface area (Å²) in [6.45, 7) is 0. The standard InChI is InChI=1S/C25H24N6O4S/c1-33-20-13-17(14-21(34-2)23(20)35-3)24-29-30-25(31(24)19-10-5-4-6-11-19)36-16-22(32)28-27-15-18-9-7-8-12-26-18/h4-15H,16H2,1-3H3,(H,28,32)/b27-15-. The Hall–Kier alpha value is -4.38. The number of nitrogens with one attached hydrogen (secondary N) is 1. The van der Waals surface area contributed by atoms with E-state index in [1.54, 1.807) is 45.7 Å². The SMILES string of the molecule is COc1cc(-c2nnc(SCC(=O)N/N=C\c3ccccn3)n2-c2ccccc2)cc(OC)c1OC. The summed E-state index contributed by atoms with van der Waals surface area (Å²) in [5, 5.41) is 13.3. The first kappa shape index (κ1) is 24.7. The smallest absolute Gasteiger partial charge is 0.250 e. The van der Waals surface area contributed by atoms with Gasteiger partial charge in [-0.05, 0) is 36.4 Å². The Morgan fingerprint density at radius 1 is 1.00 bits per heavy atom.